The van der Waals surface area contributed by atoms with Gasteiger partial charge in [-0.1, -0.05) is 17.7 Å². The van der Waals surface area contributed by atoms with Gasteiger partial charge < -0.3 is 15.2 Å². The molecule has 144 valence electrons. The van der Waals surface area contributed by atoms with Gasteiger partial charge in [0.25, 0.3) is 0 Å². The van der Waals surface area contributed by atoms with Crippen molar-refractivity contribution in [2.45, 2.75) is 19.4 Å². The number of nitrogens with zero attached hydrogens (tertiary/aromatic N) is 2. The molecule has 1 fully saturated rings. The van der Waals surface area contributed by atoms with Crippen molar-refractivity contribution in [3.05, 3.63) is 65.1 Å². The van der Waals surface area contributed by atoms with Crippen LogP contribution in [0.4, 0.5) is 0 Å². The lowest BCUT2D eigenvalue weighted by atomic mass is 10.1. The van der Waals surface area contributed by atoms with Crippen molar-refractivity contribution in [1.82, 2.24) is 20.2 Å². The van der Waals surface area contributed by atoms with E-state index >= 15 is 0 Å². The molecule has 0 spiro atoms. The van der Waals surface area contributed by atoms with Gasteiger partial charge in [0.1, 0.15) is 0 Å². The number of hydrogen-bond donors (Lipinski definition) is 2. The molecular formula is C21H21ClN4O2. The second-order valence-electron chi connectivity index (χ2n) is 7.07. The van der Waals surface area contributed by atoms with Crippen molar-refractivity contribution in [1.29, 1.82) is 0 Å². The van der Waals surface area contributed by atoms with Crippen molar-refractivity contribution < 1.29 is 9.59 Å². The van der Waals surface area contributed by atoms with Crippen LogP contribution in [0.2, 0.25) is 5.02 Å². The van der Waals surface area contributed by atoms with Gasteiger partial charge in [-0.2, -0.15) is 0 Å². The molecule has 1 aromatic carbocycles. The number of amides is 2. The second kappa shape index (κ2) is 8.02. The summed E-state index contributed by atoms with van der Waals surface area (Å²) in [5, 5.41) is 4.67. The first-order valence-electron chi connectivity index (χ1n) is 9.30. The SMILES string of the molecule is O=C(NCc1cccnc1)C1CC(=O)N(CCc2c[nH]c3ccc(Cl)cc23)C1. The number of pyridine rings is 1. The molecule has 7 heteroatoms. The number of H-pyrrole nitrogens is 1. The summed E-state index contributed by atoms with van der Waals surface area (Å²) in [6, 6.07) is 9.48. The molecule has 1 unspecified atom stereocenters. The summed E-state index contributed by atoms with van der Waals surface area (Å²) in [6.45, 7) is 1.47. The van der Waals surface area contributed by atoms with Crippen LogP contribution >= 0.6 is 11.6 Å². The number of fused-ring (bicyclic) bond motifs is 1. The molecule has 0 aliphatic carbocycles. The Kier molecular flexibility index (Phi) is 5.30. The van der Waals surface area contributed by atoms with Gasteiger partial charge in [0, 0.05) is 60.6 Å². The average molecular weight is 397 g/mol. The zero-order valence-corrected chi connectivity index (χ0v) is 16.1. The molecule has 28 heavy (non-hydrogen) atoms. The van der Waals surface area contributed by atoms with E-state index in [1.54, 1.807) is 17.3 Å². The van der Waals surface area contributed by atoms with Gasteiger partial charge in [0.2, 0.25) is 11.8 Å². The predicted molar refractivity (Wildman–Crippen MR) is 108 cm³/mol. The molecule has 4 rings (SSSR count). The van der Waals surface area contributed by atoms with Gasteiger partial charge in [-0.25, -0.2) is 0 Å². The van der Waals surface area contributed by atoms with Crippen LogP contribution in [0.15, 0.2) is 48.9 Å². The summed E-state index contributed by atoms with van der Waals surface area (Å²) in [5.74, 6) is -0.362. The molecule has 2 N–H and O–H groups in total. The van der Waals surface area contributed by atoms with E-state index in [9.17, 15) is 9.59 Å². The highest BCUT2D eigenvalue weighted by Gasteiger charge is 2.33. The molecule has 3 heterocycles. The summed E-state index contributed by atoms with van der Waals surface area (Å²) in [4.78, 5) is 33.8. The van der Waals surface area contributed by atoms with Crippen LogP contribution < -0.4 is 5.32 Å². The first kappa shape index (κ1) is 18.5. The number of carbonyl (C=O) groups excluding carboxylic acids is 2. The number of aromatic nitrogens is 2. The first-order chi connectivity index (χ1) is 13.6. The Morgan fingerprint density at radius 3 is 3.07 bits per heavy atom. The minimum absolute atomic E-state index is 0.0272. The third kappa shape index (κ3) is 4.02. The van der Waals surface area contributed by atoms with Crippen molar-refractivity contribution in [2.24, 2.45) is 5.92 Å². The Balaban J connectivity index is 1.33. The lowest BCUT2D eigenvalue weighted by molar-refractivity contribution is -0.129. The normalized spacial score (nSPS) is 16.7. The van der Waals surface area contributed by atoms with Crippen LogP contribution in [0, 0.1) is 5.92 Å². The largest absolute Gasteiger partial charge is 0.361 e. The molecular weight excluding hydrogens is 376 g/mol. The second-order valence-corrected chi connectivity index (χ2v) is 7.51. The molecule has 0 radical (unpaired) electrons. The van der Waals surface area contributed by atoms with Gasteiger partial charge in [0.15, 0.2) is 0 Å². The summed E-state index contributed by atoms with van der Waals surface area (Å²) >= 11 is 6.10. The lowest BCUT2D eigenvalue weighted by Crippen LogP contribution is -2.33. The monoisotopic (exact) mass is 396 g/mol. The summed E-state index contributed by atoms with van der Waals surface area (Å²) in [7, 11) is 0. The number of rotatable bonds is 6. The maximum atomic E-state index is 12.4. The van der Waals surface area contributed by atoms with Crippen LogP contribution in [-0.4, -0.2) is 39.8 Å². The van der Waals surface area contributed by atoms with E-state index in [1.807, 2.05) is 36.5 Å². The minimum atomic E-state index is -0.304. The highest BCUT2D eigenvalue weighted by Crippen LogP contribution is 2.24. The van der Waals surface area contributed by atoms with Crippen LogP contribution in [-0.2, 0) is 22.6 Å². The average Bonchev–Trinajstić information content (AvgIpc) is 3.28. The molecule has 2 amide bonds. The van der Waals surface area contributed by atoms with Crippen molar-refractivity contribution in [2.75, 3.05) is 13.1 Å². The summed E-state index contributed by atoms with van der Waals surface area (Å²) < 4.78 is 0. The molecule has 0 bridgehead atoms. The van der Waals surface area contributed by atoms with E-state index in [0.717, 1.165) is 28.5 Å². The zero-order valence-electron chi connectivity index (χ0n) is 15.3. The van der Waals surface area contributed by atoms with Crippen molar-refractivity contribution in [3.63, 3.8) is 0 Å². The lowest BCUT2D eigenvalue weighted by Gasteiger charge is -2.16. The molecule has 1 saturated heterocycles. The summed E-state index contributed by atoms with van der Waals surface area (Å²) in [6.07, 6.45) is 6.36. The Hall–Kier alpha value is -2.86. The topological polar surface area (TPSA) is 78.1 Å². The van der Waals surface area contributed by atoms with Gasteiger partial charge in [-0.05, 0) is 41.8 Å². The number of carbonyl (C=O) groups is 2. The molecule has 2 aromatic heterocycles. The number of hydrogen-bond acceptors (Lipinski definition) is 3. The van der Waals surface area contributed by atoms with E-state index in [1.165, 1.54) is 0 Å². The highest BCUT2D eigenvalue weighted by atomic mass is 35.5. The first-order valence-corrected chi connectivity index (χ1v) is 9.68. The van der Waals surface area contributed by atoms with Crippen LogP contribution in [0.1, 0.15) is 17.5 Å². The van der Waals surface area contributed by atoms with E-state index in [2.05, 4.69) is 15.3 Å². The number of benzene rings is 1. The molecule has 6 nitrogen and oxygen atoms in total. The van der Waals surface area contributed by atoms with E-state index in [0.29, 0.717) is 24.7 Å². The van der Waals surface area contributed by atoms with Gasteiger partial charge >= 0.3 is 0 Å². The minimum Gasteiger partial charge on any atom is -0.361 e. The smallest absolute Gasteiger partial charge is 0.225 e. The van der Waals surface area contributed by atoms with Crippen molar-refractivity contribution >= 4 is 34.3 Å². The quantitative estimate of drug-likeness (QED) is 0.672. The maximum Gasteiger partial charge on any atom is 0.225 e. The molecule has 1 aliphatic rings. The standard InChI is InChI=1S/C21H21ClN4O2/c22-17-3-4-19-18(9-17)15(12-24-19)5-7-26-13-16(8-20(26)27)21(28)25-11-14-2-1-6-23-10-14/h1-4,6,9-10,12,16,24H,5,7-8,11,13H2,(H,25,28). The van der Waals surface area contributed by atoms with Gasteiger partial charge in [-0.15, -0.1) is 0 Å². The fraction of sp³-hybridized carbons (Fsp3) is 0.286. The molecule has 3 aromatic rings. The Labute approximate surface area is 167 Å². The van der Waals surface area contributed by atoms with E-state index in [4.69, 9.17) is 11.6 Å². The van der Waals surface area contributed by atoms with Crippen LogP contribution in [0.25, 0.3) is 10.9 Å². The Bertz CT molecular complexity index is 1000. The number of nitrogens with one attached hydrogen (secondary N) is 2. The molecule has 1 atom stereocenters. The van der Waals surface area contributed by atoms with E-state index in [-0.39, 0.29) is 24.2 Å². The van der Waals surface area contributed by atoms with Crippen LogP contribution in [0.3, 0.4) is 0 Å². The fourth-order valence-corrected chi connectivity index (χ4v) is 3.79. The molecule has 1 aliphatic heterocycles. The summed E-state index contributed by atoms with van der Waals surface area (Å²) in [5.41, 5.74) is 3.09. The Morgan fingerprint density at radius 1 is 1.36 bits per heavy atom. The van der Waals surface area contributed by atoms with Crippen LogP contribution in [0.5, 0.6) is 0 Å². The third-order valence-corrected chi connectivity index (χ3v) is 5.39. The Morgan fingerprint density at radius 2 is 2.25 bits per heavy atom. The fourth-order valence-electron chi connectivity index (χ4n) is 3.61. The molecule has 0 saturated carbocycles. The third-order valence-electron chi connectivity index (χ3n) is 5.16. The highest BCUT2D eigenvalue weighted by molar-refractivity contribution is 6.31. The zero-order chi connectivity index (χ0) is 19.5. The van der Waals surface area contributed by atoms with Gasteiger partial charge in [-0.3, -0.25) is 14.6 Å². The van der Waals surface area contributed by atoms with Gasteiger partial charge in [0.05, 0.1) is 5.92 Å². The predicted octanol–water partition coefficient (Wildman–Crippen LogP) is 2.92. The van der Waals surface area contributed by atoms with E-state index < -0.39 is 0 Å². The number of likely N-dealkylation sites (tertiary alicyclic amines) is 1. The number of aromatic amines is 1. The maximum absolute atomic E-state index is 12.4. The number of halogens is 1. The van der Waals surface area contributed by atoms with Crippen molar-refractivity contribution in [3.8, 4) is 0 Å².